The number of ether oxygens (including phenoxy) is 2. The van der Waals surface area contributed by atoms with E-state index in [1.165, 1.54) is 0 Å². The Morgan fingerprint density at radius 1 is 0.906 bits per heavy atom. The van der Waals surface area contributed by atoms with Gasteiger partial charge in [0.2, 0.25) is 0 Å². The lowest BCUT2D eigenvalue weighted by Crippen LogP contribution is -2.22. The largest absolute Gasteiger partial charge is 0.493 e. The number of hydrogen-bond acceptors (Lipinski definition) is 8. The summed E-state index contributed by atoms with van der Waals surface area (Å²) in [4.78, 5) is 18.5. The third kappa shape index (κ3) is 4.98. The van der Waals surface area contributed by atoms with Crippen molar-refractivity contribution in [1.29, 1.82) is 0 Å². The van der Waals surface area contributed by atoms with Crippen molar-refractivity contribution in [3.63, 3.8) is 0 Å². The van der Waals surface area contributed by atoms with Crippen LogP contribution in [0.3, 0.4) is 0 Å². The van der Waals surface area contributed by atoms with Crippen LogP contribution < -0.4 is 14.4 Å². The maximum atomic E-state index is 5.46. The molecule has 8 heteroatoms. The van der Waals surface area contributed by atoms with Gasteiger partial charge in [0, 0.05) is 30.6 Å². The standard InChI is InChI=1S/C24H27N5O2S/c1-28(16-23-25-11-12-32-23)15-22-26-19-8-6-5-7-18(19)24(27-22)29(2)14-17-9-10-20(30-3)21(13-17)31-4/h5-13H,14-16H2,1-4H3. The van der Waals surface area contributed by atoms with Gasteiger partial charge in [-0.1, -0.05) is 18.2 Å². The van der Waals surface area contributed by atoms with E-state index in [1.54, 1.807) is 25.6 Å². The first-order valence-electron chi connectivity index (χ1n) is 10.3. The van der Waals surface area contributed by atoms with E-state index in [0.717, 1.165) is 51.2 Å². The van der Waals surface area contributed by atoms with Crippen molar-refractivity contribution in [2.75, 3.05) is 33.2 Å². The molecule has 166 valence electrons. The summed E-state index contributed by atoms with van der Waals surface area (Å²) in [6.07, 6.45) is 1.83. The average Bonchev–Trinajstić information content (AvgIpc) is 3.31. The zero-order chi connectivity index (χ0) is 22.5. The molecular weight excluding hydrogens is 422 g/mol. The van der Waals surface area contributed by atoms with Gasteiger partial charge >= 0.3 is 0 Å². The molecule has 2 aromatic carbocycles. The number of para-hydroxylation sites is 1. The highest BCUT2D eigenvalue weighted by Crippen LogP contribution is 2.30. The van der Waals surface area contributed by atoms with E-state index in [4.69, 9.17) is 19.4 Å². The number of benzene rings is 2. The number of aromatic nitrogens is 3. The smallest absolute Gasteiger partial charge is 0.161 e. The van der Waals surface area contributed by atoms with Crippen LogP contribution in [0.5, 0.6) is 11.5 Å². The fourth-order valence-electron chi connectivity index (χ4n) is 3.66. The summed E-state index contributed by atoms with van der Waals surface area (Å²) in [6, 6.07) is 14.1. The van der Waals surface area contributed by atoms with Gasteiger partial charge in [-0.15, -0.1) is 11.3 Å². The minimum absolute atomic E-state index is 0.640. The Hall–Kier alpha value is -3.23. The summed E-state index contributed by atoms with van der Waals surface area (Å²) in [5.74, 6) is 3.13. The predicted molar refractivity (Wildman–Crippen MR) is 128 cm³/mol. The quantitative estimate of drug-likeness (QED) is 0.376. The SMILES string of the molecule is COc1ccc(CN(C)c2nc(CN(C)Cc3nccs3)nc3ccccc23)cc1OC. The molecule has 0 aliphatic heterocycles. The molecule has 0 unspecified atom stereocenters. The second-order valence-electron chi connectivity index (χ2n) is 7.62. The Labute approximate surface area is 192 Å². The molecule has 2 heterocycles. The third-order valence-corrected chi connectivity index (χ3v) is 5.92. The van der Waals surface area contributed by atoms with Gasteiger partial charge in [-0.2, -0.15) is 0 Å². The number of thiazole rings is 1. The Bertz CT molecular complexity index is 1180. The molecule has 0 spiro atoms. The first-order valence-corrected chi connectivity index (χ1v) is 11.2. The molecule has 32 heavy (non-hydrogen) atoms. The molecule has 0 amide bonds. The van der Waals surface area contributed by atoms with Crippen molar-refractivity contribution < 1.29 is 9.47 Å². The molecule has 0 aliphatic rings. The molecule has 0 bridgehead atoms. The highest BCUT2D eigenvalue weighted by atomic mass is 32.1. The van der Waals surface area contributed by atoms with Crippen LogP contribution in [0.1, 0.15) is 16.4 Å². The molecule has 0 aliphatic carbocycles. The molecule has 4 aromatic rings. The van der Waals surface area contributed by atoms with Crippen molar-refractivity contribution in [2.45, 2.75) is 19.6 Å². The highest BCUT2D eigenvalue weighted by molar-refractivity contribution is 7.09. The minimum Gasteiger partial charge on any atom is -0.493 e. The van der Waals surface area contributed by atoms with Crippen LogP contribution in [0.15, 0.2) is 54.0 Å². The second kappa shape index (κ2) is 9.93. The number of nitrogens with zero attached hydrogens (tertiary/aromatic N) is 5. The second-order valence-corrected chi connectivity index (χ2v) is 8.60. The van der Waals surface area contributed by atoms with E-state index in [2.05, 4.69) is 34.9 Å². The van der Waals surface area contributed by atoms with Gasteiger partial charge in [0.15, 0.2) is 11.5 Å². The molecule has 0 atom stereocenters. The Kier molecular flexibility index (Phi) is 6.82. The van der Waals surface area contributed by atoms with Gasteiger partial charge in [0.1, 0.15) is 16.6 Å². The molecule has 0 saturated heterocycles. The minimum atomic E-state index is 0.640. The van der Waals surface area contributed by atoms with Crippen molar-refractivity contribution in [3.8, 4) is 11.5 Å². The number of anilines is 1. The number of rotatable bonds is 9. The van der Waals surface area contributed by atoms with Gasteiger partial charge in [-0.3, -0.25) is 4.90 Å². The Morgan fingerprint density at radius 3 is 2.47 bits per heavy atom. The topological polar surface area (TPSA) is 63.6 Å². The highest BCUT2D eigenvalue weighted by Gasteiger charge is 2.15. The van der Waals surface area contributed by atoms with E-state index in [1.807, 2.05) is 48.0 Å². The summed E-state index contributed by atoms with van der Waals surface area (Å²) in [7, 11) is 7.41. The monoisotopic (exact) mass is 449 g/mol. The fraction of sp³-hybridized carbons (Fsp3) is 0.292. The maximum absolute atomic E-state index is 5.46. The van der Waals surface area contributed by atoms with Crippen molar-refractivity contribution in [2.24, 2.45) is 0 Å². The zero-order valence-electron chi connectivity index (χ0n) is 18.8. The van der Waals surface area contributed by atoms with E-state index in [-0.39, 0.29) is 0 Å². The summed E-state index contributed by atoms with van der Waals surface area (Å²) in [6.45, 7) is 2.09. The molecule has 0 N–H and O–H groups in total. The van der Waals surface area contributed by atoms with Crippen LogP contribution in [-0.4, -0.2) is 48.2 Å². The van der Waals surface area contributed by atoms with E-state index in [9.17, 15) is 0 Å². The normalized spacial score (nSPS) is 11.2. The number of hydrogen-bond donors (Lipinski definition) is 0. The van der Waals surface area contributed by atoms with Crippen LogP contribution in [-0.2, 0) is 19.6 Å². The number of fused-ring (bicyclic) bond motifs is 1. The molecular formula is C24H27N5O2S. The lowest BCUT2D eigenvalue weighted by atomic mass is 10.1. The summed E-state index contributed by atoms with van der Waals surface area (Å²) in [5.41, 5.74) is 2.05. The molecule has 0 saturated carbocycles. The van der Waals surface area contributed by atoms with Gasteiger partial charge < -0.3 is 14.4 Å². The van der Waals surface area contributed by atoms with E-state index < -0.39 is 0 Å². The van der Waals surface area contributed by atoms with Gasteiger partial charge in [0.25, 0.3) is 0 Å². The van der Waals surface area contributed by atoms with E-state index in [0.29, 0.717) is 13.1 Å². The van der Waals surface area contributed by atoms with Crippen LogP contribution >= 0.6 is 11.3 Å². The third-order valence-electron chi connectivity index (χ3n) is 5.16. The van der Waals surface area contributed by atoms with Gasteiger partial charge in [-0.25, -0.2) is 15.0 Å². The summed E-state index contributed by atoms with van der Waals surface area (Å²) in [5, 5.41) is 4.11. The van der Waals surface area contributed by atoms with Crippen LogP contribution in [0, 0.1) is 0 Å². The fourth-order valence-corrected chi connectivity index (χ4v) is 4.35. The molecule has 0 fully saturated rings. The maximum Gasteiger partial charge on any atom is 0.161 e. The lowest BCUT2D eigenvalue weighted by molar-refractivity contribution is 0.310. The number of methoxy groups -OCH3 is 2. The predicted octanol–water partition coefficient (Wildman–Crippen LogP) is 4.37. The van der Waals surface area contributed by atoms with Crippen molar-refractivity contribution in [1.82, 2.24) is 19.9 Å². The van der Waals surface area contributed by atoms with Crippen LogP contribution in [0.4, 0.5) is 5.82 Å². The van der Waals surface area contributed by atoms with Crippen LogP contribution in [0.25, 0.3) is 10.9 Å². The van der Waals surface area contributed by atoms with E-state index >= 15 is 0 Å². The lowest BCUT2D eigenvalue weighted by Gasteiger charge is -2.22. The Morgan fingerprint density at radius 2 is 1.72 bits per heavy atom. The summed E-state index contributed by atoms with van der Waals surface area (Å²) < 4.78 is 10.8. The summed E-state index contributed by atoms with van der Waals surface area (Å²) >= 11 is 1.66. The molecule has 2 aromatic heterocycles. The first kappa shape index (κ1) is 22.0. The zero-order valence-corrected chi connectivity index (χ0v) is 19.6. The van der Waals surface area contributed by atoms with Crippen molar-refractivity contribution in [3.05, 3.63) is 70.4 Å². The first-order chi connectivity index (χ1) is 15.6. The molecule has 4 rings (SSSR count). The Balaban J connectivity index is 1.60. The van der Waals surface area contributed by atoms with Crippen molar-refractivity contribution >= 4 is 28.1 Å². The van der Waals surface area contributed by atoms with Crippen LogP contribution in [0.2, 0.25) is 0 Å². The van der Waals surface area contributed by atoms with Gasteiger partial charge in [0.05, 0.1) is 32.8 Å². The average molecular weight is 450 g/mol. The molecule has 0 radical (unpaired) electrons. The van der Waals surface area contributed by atoms with Gasteiger partial charge in [-0.05, 0) is 36.9 Å². The molecule has 7 nitrogen and oxygen atoms in total.